The Balaban J connectivity index is 2.08. The highest BCUT2D eigenvalue weighted by molar-refractivity contribution is 5.96. The van der Waals surface area contributed by atoms with Gasteiger partial charge in [0, 0.05) is 6.54 Å². The Morgan fingerprint density at radius 2 is 1.75 bits per heavy atom. The lowest BCUT2D eigenvalue weighted by Crippen LogP contribution is -2.23. The van der Waals surface area contributed by atoms with Gasteiger partial charge in [-0.15, -0.1) is 0 Å². The Kier molecular flexibility index (Phi) is 4.30. The average Bonchev–Trinajstić information content (AvgIpc) is 2.46. The molecule has 0 saturated heterocycles. The number of carbonyl (C=O) groups excluding carboxylic acids is 1. The van der Waals surface area contributed by atoms with Crippen LogP contribution < -0.4 is 10.1 Å². The first-order chi connectivity index (χ1) is 9.60. The molecular weight excluding hydrogens is 264 g/mol. The minimum atomic E-state index is -0.516. The van der Waals surface area contributed by atoms with Gasteiger partial charge in [-0.05, 0) is 35.9 Å². The highest BCUT2D eigenvalue weighted by Gasteiger charge is 2.13. The molecule has 0 aliphatic rings. The van der Waals surface area contributed by atoms with Crippen LogP contribution in [-0.2, 0) is 6.54 Å². The summed E-state index contributed by atoms with van der Waals surface area (Å²) in [6, 6.07) is 9.47. The van der Waals surface area contributed by atoms with Crippen LogP contribution in [0.5, 0.6) is 5.75 Å². The molecule has 0 atom stereocenters. The molecule has 0 heterocycles. The molecule has 1 N–H and O–H groups in total. The molecule has 104 valence electrons. The maximum Gasteiger partial charge on any atom is 0.255 e. The van der Waals surface area contributed by atoms with Gasteiger partial charge in [0.1, 0.15) is 17.4 Å². The van der Waals surface area contributed by atoms with Crippen LogP contribution in [-0.4, -0.2) is 13.0 Å². The van der Waals surface area contributed by atoms with E-state index in [-0.39, 0.29) is 17.9 Å². The number of ether oxygens (including phenoxy) is 1. The third-order valence-corrected chi connectivity index (χ3v) is 2.77. The lowest BCUT2D eigenvalue weighted by Gasteiger charge is -2.09. The van der Waals surface area contributed by atoms with E-state index in [1.54, 1.807) is 12.1 Å². The molecule has 0 aliphatic carbocycles. The lowest BCUT2D eigenvalue weighted by atomic mass is 10.1. The van der Waals surface area contributed by atoms with Crippen LogP contribution in [0.15, 0.2) is 42.5 Å². The Hall–Kier alpha value is -2.43. The number of benzene rings is 2. The molecule has 20 heavy (non-hydrogen) atoms. The van der Waals surface area contributed by atoms with Crippen LogP contribution in [0, 0.1) is 11.6 Å². The third-order valence-electron chi connectivity index (χ3n) is 2.77. The highest BCUT2D eigenvalue weighted by atomic mass is 19.1. The van der Waals surface area contributed by atoms with E-state index in [4.69, 9.17) is 4.74 Å². The van der Waals surface area contributed by atoms with Crippen LogP contribution >= 0.6 is 0 Å². The van der Waals surface area contributed by atoms with Gasteiger partial charge in [0.15, 0.2) is 0 Å². The Morgan fingerprint density at radius 1 is 1.10 bits per heavy atom. The van der Waals surface area contributed by atoms with Gasteiger partial charge in [-0.25, -0.2) is 8.78 Å². The first-order valence-corrected chi connectivity index (χ1v) is 5.96. The maximum absolute atomic E-state index is 13.2. The van der Waals surface area contributed by atoms with E-state index in [0.29, 0.717) is 5.75 Å². The van der Waals surface area contributed by atoms with Crippen LogP contribution in [0.2, 0.25) is 0 Å². The zero-order valence-corrected chi connectivity index (χ0v) is 10.8. The van der Waals surface area contributed by atoms with Gasteiger partial charge in [-0.3, -0.25) is 4.79 Å². The number of hydrogen-bond donors (Lipinski definition) is 1. The molecular formula is C15H13F2NO2. The standard InChI is InChI=1S/C15H13F2NO2/c1-20-14-7-6-12(17)8-13(14)15(19)18-9-10-2-4-11(16)5-3-10/h2-8H,9H2,1H3,(H,18,19). The minimum absolute atomic E-state index is 0.120. The quantitative estimate of drug-likeness (QED) is 0.933. The summed E-state index contributed by atoms with van der Waals surface area (Å²) in [5.41, 5.74) is 0.865. The molecule has 0 spiro atoms. The normalized spacial score (nSPS) is 10.2. The summed E-state index contributed by atoms with van der Waals surface area (Å²) in [5.74, 6) is -1.02. The summed E-state index contributed by atoms with van der Waals surface area (Å²) in [4.78, 5) is 12.0. The van der Waals surface area contributed by atoms with Gasteiger partial charge in [0.05, 0.1) is 12.7 Å². The van der Waals surface area contributed by atoms with Crippen LogP contribution in [0.4, 0.5) is 8.78 Å². The minimum Gasteiger partial charge on any atom is -0.496 e. The summed E-state index contributed by atoms with van der Waals surface area (Å²) >= 11 is 0. The molecule has 0 bridgehead atoms. The summed E-state index contributed by atoms with van der Waals surface area (Å²) in [6.07, 6.45) is 0. The van der Waals surface area contributed by atoms with Crippen molar-refractivity contribution in [2.75, 3.05) is 7.11 Å². The second-order valence-corrected chi connectivity index (χ2v) is 4.15. The van der Waals surface area contributed by atoms with Crippen molar-refractivity contribution in [2.24, 2.45) is 0 Å². The molecule has 0 unspecified atom stereocenters. The molecule has 3 nitrogen and oxygen atoms in total. The van der Waals surface area contributed by atoms with Crippen molar-refractivity contribution in [3.8, 4) is 5.75 Å². The fraction of sp³-hybridized carbons (Fsp3) is 0.133. The molecule has 0 aromatic heterocycles. The highest BCUT2D eigenvalue weighted by Crippen LogP contribution is 2.19. The largest absolute Gasteiger partial charge is 0.496 e. The molecule has 2 aromatic carbocycles. The van der Waals surface area contributed by atoms with Crippen molar-refractivity contribution in [3.05, 3.63) is 65.2 Å². The summed E-state index contributed by atoms with van der Waals surface area (Å²) in [7, 11) is 1.41. The number of hydrogen-bond acceptors (Lipinski definition) is 2. The zero-order valence-electron chi connectivity index (χ0n) is 10.8. The van der Waals surface area contributed by atoms with E-state index in [1.807, 2.05) is 0 Å². The zero-order chi connectivity index (χ0) is 14.5. The van der Waals surface area contributed by atoms with Gasteiger partial charge in [0.2, 0.25) is 0 Å². The van der Waals surface area contributed by atoms with Crippen LogP contribution in [0.25, 0.3) is 0 Å². The fourth-order valence-corrected chi connectivity index (χ4v) is 1.74. The van der Waals surface area contributed by atoms with Crippen molar-refractivity contribution in [1.29, 1.82) is 0 Å². The van der Waals surface area contributed by atoms with Crippen LogP contribution in [0.1, 0.15) is 15.9 Å². The predicted molar refractivity (Wildman–Crippen MR) is 70.5 cm³/mol. The molecule has 0 fully saturated rings. The van der Waals surface area contributed by atoms with Crippen molar-refractivity contribution in [1.82, 2.24) is 5.32 Å². The van der Waals surface area contributed by atoms with Crippen molar-refractivity contribution >= 4 is 5.91 Å². The van der Waals surface area contributed by atoms with E-state index < -0.39 is 11.7 Å². The summed E-state index contributed by atoms with van der Waals surface area (Å²) < 4.78 is 30.9. The SMILES string of the molecule is COc1ccc(F)cc1C(=O)NCc1ccc(F)cc1. The third kappa shape index (κ3) is 3.32. The molecule has 0 saturated carbocycles. The predicted octanol–water partition coefficient (Wildman–Crippen LogP) is 2.90. The molecule has 2 aromatic rings. The Bertz CT molecular complexity index is 612. The number of nitrogens with one attached hydrogen (secondary N) is 1. The summed E-state index contributed by atoms with van der Waals surface area (Å²) in [5, 5.41) is 2.63. The monoisotopic (exact) mass is 277 g/mol. The van der Waals surface area contributed by atoms with Gasteiger partial charge in [0.25, 0.3) is 5.91 Å². The van der Waals surface area contributed by atoms with Gasteiger partial charge in [-0.2, -0.15) is 0 Å². The van der Waals surface area contributed by atoms with Crippen molar-refractivity contribution in [3.63, 3.8) is 0 Å². The molecule has 2 rings (SSSR count). The van der Waals surface area contributed by atoms with Gasteiger partial charge >= 0.3 is 0 Å². The van der Waals surface area contributed by atoms with Crippen molar-refractivity contribution in [2.45, 2.75) is 6.54 Å². The van der Waals surface area contributed by atoms with Gasteiger partial charge in [-0.1, -0.05) is 12.1 Å². The molecule has 5 heteroatoms. The van der Waals surface area contributed by atoms with E-state index >= 15 is 0 Å². The molecule has 0 aliphatic heterocycles. The van der Waals surface area contributed by atoms with E-state index in [1.165, 1.54) is 31.4 Å². The number of halogens is 2. The maximum atomic E-state index is 13.2. The first-order valence-electron chi connectivity index (χ1n) is 5.96. The topological polar surface area (TPSA) is 38.3 Å². The first kappa shape index (κ1) is 14.0. The number of methoxy groups -OCH3 is 1. The number of amides is 1. The van der Waals surface area contributed by atoms with Crippen molar-refractivity contribution < 1.29 is 18.3 Å². The van der Waals surface area contributed by atoms with E-state index in [9.17, 15) is 13.6 Å². The van der Waals surface area contributed by atoms with Crippen LogP contribution in [0.3, 0.4) is 0 Å². The number of carbonyl (C=O) groups is 1. The molecule has 1 amide bonds. The van der Waals surface area contributed by atoms with Gasteiger partial charge < -0.3 is 10.1 Å². The summed E-state index contributed by atoms with van der Waals surface area (Å²) in [6.45, 7) is 0.221. The lowest BCUT2D eigenvalue weighted by molar-refractivity contribution is 0.0947. The second-order valence-electron chi connectivity index (χ2n) is 4.15. The molecule has 0 radical (unpaired) electrons. The van der Waals surface area contributed by atoms with E-state index in [2.05, 4.69) is 5.32 Å². The Labute approximate surface area is 115 Å². The fourth-order valence-electron chi connectivity index (χ4n) is 1.74. The second kappa shape index (κ2) is 6.14. The smallest absolute Gasteiger partial charge is 0.255 e. The number of rotatable bonds is 4. The van der Waals surface area contributed by atoms with E-state index in [0.717, 1.165) is 11.6 Å². The Morgan fingerprint density at radius 3 is 2.40 bits per heavy atom. The average molecular weight is 277 g/mol.